The van der Waals surface area contributed by atoms with E-state index in [1.54, 1.807) is 24.3 Å². The van der Waals surface area contributed by atoms with Crippen molar-refractivity contribution in [2.75, 3.05) is 11.5 Å². The molecule has 39 heavy (non-hydrogen) atoms. The first kappa shape index (κ1) is 26.0. The van der Waals surface area contributed by atoms with Crippen LogP contribution in [0.25, 0.3) is 0 Å². The Morgan fingerprint density at radius 1 is 1.10 bits per heavy atom. The molecule has 12 heteroatoms. The summed E-state index contributed by atoms with van der Waals surface area (Å²) in [5, 5.41) is 28.0. The second-order valence-electron chi connectivity index (χ2n) is 9.60. The van der Waals surface area contributed by atoms with Crippen LogP contribution in [0.15, 0.2) is 54.7 Å². The number of aryl methyl sites for hydroxylation is 1. The minimum absolute atomic E-state index is 0.0456. The summed E-state index contributed by atoms with van der Waals surface area (Å²) >= 11 is 0. The molecule has 2 aromatic carbocycles. The standard InChI is InChI=1S/C27H29N7O5/c35-15-21(30-23(36)11-16-5-2-1-3-6-16)25(37)31-20-10-9-17-7-4-8-18-12-22(34(24(17)18)27(20)39)26(38)28-13-19-14-29-33-32-19/h1-8,14,20-22,35H,9-13,15H2,(H,28,38)(H,30,36)(H,31,37)(H,29,32,33)/t20-,21-,22-/m0/s1. The van der Waals surface area contributed by atoms with Crippen molar-refractivity contribution >= 4 is 29.3 Å². The fourth-order valence-corrected chi connectivity index (χ4v) is 5.07. The lowest BCUT2D eigenvalue weighted by molar-refractivity contribution is -0.132. The van der Waals surface area contributed by atoms with Gasteiger partial charge >= 0.3 is 0 Å². The number of H-pyrrole nitrogens is 1. The SMILES string of the molecule is O=C(Cc1ccccc1)N[C@@H](CO)C(=O)N[C@H]1CCc2cccc3c2N(C1=O)[C@H](C(=O)NCc1cn[nH]n1)C3. The normalized spacial score (nSPS) is 18.6. The fourth-order valence-electron chi connectivity index (χ4n) is 5.07. The Bertz CT molecular complexity index is 1360. The zero-order chi connectivity index (χ0) is 27.4. The van der Waals surface area contributed by atoms with Gasteiger partial charge in [0, 0.05) is 6.42 Å². The summed E-state index contributed by atoms with van der Waals surface area (Å²) in [6, 6.07) is 11.8. The number of nitrogens with one attached hydrogen (secondary N) is 4. The maximum atomic E-state index is 13.8. The highest BCUT2D eigenvalue weighted by Crippen LogP contribution is 2.39. The van der Waals surface area contributed by atoms with Crippen LogP contribution in [-0.2, 0) is 45.0 Å². The highest BCUT2D eigenvalue weighted by molar-refractivity contribution is 6.08. The van der Waals surface area contributed by atoms with Gasteiger partial charge in [-0.1, -0.05) is 48.5 Å². The predicted molar refractivity (Wildman–Crippen MR) is 139 cm³/mol. The predicted octanol–water partition coefficient (Wildman–Crippen LogP) is -0.470. The van der Waals surface area contributed by atoms with Crippen molar-refractivity contribution in [1.29, 1.82) is 0 Å². The molecule has 1 aromatic heterocycles. The lowest BCUT2D eigenvalue weighted by atomic mass is 10.0. The molecular weight excluding hydrogens is 502 g/mol. The lowest BCUT2D eigenvalue weighted by Gasteiger charge is -2.28. The van der Waals surface area contributed by atoms with E-state index in [0.29, 0.717) is 30.6 Å². The Hall–Kier alpha value is -4.58. The van der Waals surface area contributed by atoms with Crippen molar-refractivity contribution in [1.82, 2.24) is 31.4 Å². The highest BCUT2D eigenvalue weighted by Gasteiger charge is 2.44. The van der Waals surface area contributed by atoms with Crippen molar-refractivity contribution in [3.8, 4) is 0 Å². The highest BCUT2D eigenvalue weighted by atomic mass is 16.3. The van der Waals surface area contributed by atoms with Crippen molar-refractivity contribution in [2.45, 2.75) is 50.4 Å². The number of para-hydroxylation sites is 1. The molecule has 0 aliphatic carbocycles. The quantitative estimate of drug-likeness (QED) is 0.249. The molecule has 5 N–H and O–H groups in total. The zero-order valence-electron chi connectivity index (χ0n) is 21.1. The van der Waals surface area contributed by atoms with Gasteiger partial charge in [0.1, 0.15) is 23.8 Å². The second-order valence-corrected chi connectivity index (χ2v) is 9.60. The molecule has 3 heterocycles. The van der Waals surface area contributed by atoms with Crippen LogP contribution in [-0.4, -0.2) is 68.9 Å². The molecule has 0 saturated heterocycles. The van der Waals surface area contributed by atoms with Gasteiger partial charge in [-0.3, -0.25) is 24.1 Å². The van der Waals surface area contributed by atoms with Gasteiger partial charge in [-0.25, -0.2) is 0 Å². The molecule has 0 fully saturated rings. The molecule has 5 rings (SSSR count). The Kier molecular flexibility index (Phi) is 7.64. The topological polar surface area (TPSA) is 169 Å². The number of anilines is 1. The Balaban J connectivity index is 1.29. The maximum absolute atomic E-state index is 13.8. The Morgan fingerprint density at radius 2 is 1.90 bits per heavy atom. The van der Waals surface area contributed by atoms with Crippen LogP contribution >= 0.6 is 0 Å². The number of aromatic amines is 1. The summed E-state index contributed by atoms with van der Waals surface area (Å²) in [4.78, 5) is 54.0. The smallest absolute Gasteiger partial charge is 0.250 e. The number of aromatic nitrogens is 3. The van der Waals surface area contributed by atoms with Crippen molar-refractivity contribution in [3.63, 3.8) is 0 Å². The first-order chi connectivity index (χ1) is 18.9. The molecule has 12 nitrogen and oxygen atoms in total. The number of aliphatic hydroxyl groups is 1. The molecule has 202 valence electrons. The Morgan fingerprint density at radius 3 is 2.64 bits per heavy atom. The van der Waals surface area contributed by atoms with E-state index in [9.17, 15) is 24.3 Å². The monoisotopic (exact) mass is 531 g/mol. The number of carbonyl (C=O) groups excluding carboxylic acids is 4. The van der Waals surface area contributed by atoms with E-state index in [4.69, 9.17) is 0 Å². The van der Waals surface area contributed by atoms with Crippen LogP contribution in [0.1, 0.15) is 28.8 Å². The van der Waals surface area contributed by atoms with E-state index in [1.807, 2.05) is 24.3 Å². The minimum atomic E-state index is -1.23. The van der Waals surface area contributed by atoms with Crippen LogP contribution in [0.5, 0.6) is 0 Å². The van der Waals surface area contributed by atoms with Crippen LogP contribution in [0.4, 0.5) is 5.69 Å². The van der Waals surface area contributed by atoms with E-state index in [2.05, 4.69) is 31.4 Å². The summed E-state index contributed by atoms with van der Waals surface area (Å²) in [7, 11) is 0. The van der Waals surface area contributed by atoms with Crippen LogP contribution in [0.2, 0.25) is 0 Å². The zero-order valence-corrected chi connectivity index (χ0v) is 21.1. The number of amides is 4. The molecule has 0 saturated carbocycles. The molecule has 3 aromatic rings. The molecule has 2 aliphatic rings. The van der Waals surface area contributed by atoms with Gasteiger partial charge < -0.3 is 21.1 Å². The largest absolute Gasteiger partial charge is 0.394 e. The number of hydrogen-bond acceptors (Lipinski definition) is 7. The average Bonchev–Trinajstić information content (AvgIpc) is 3.58. The summed E-state index contributed by atoms with van der Waals surface area (Å²) in [6.45, 7) is -0.480. The molecule has 0 spiro atoms. The van der Waals surface area contributed by atoms with Crippen LogP contribution < -0.4 is 20.9 Å². The molecule has 4 amide bonds. The third kappa shape index (κ3) is 5.65. The summed E-state index contributed by atoms with van der Waals surface area (Å²) in [6.07, 6.45) is 2.70. The number of nitrogens with zero attached hydrogens (tertiary/aromatic N) is 3. The molecule has 3 atom stereocenters. The Labute approximate surface area is 224 Å². The number of aliphatic hydroxyl groups excluding tert-OH is 1. The summed E-state index contributed by atoms with van der Waals surface area (Å²) in [5.74, 6) is -1.86. The summed E-state index contributed by atoms with van der Waals surface area (Å²) < 4.78 is 0. The van der Waals surface area contributed by atoms with E-state index in [1.165, 1.54) is 11.1 Å². The van der Waals surface area contributed by atoms with Gasteiger partial charge in [-0.2, -0.15) is 15.4 Å². The number of hydrogen-bond donors (Lipinski definition) is 5. The third-order valence-electron chi connectivity index (χ3n) is 6.98. The molecular formula is C27H29N7O5. The van der Waals surface area contributed by atoms with Crippen molar-refractivity contribution in [2.24, 2.45) is 0 Å². The molecule has 0 radical (unpaired) electrons. The van der Waals surface area contributed by atoms with Crippen LogP contribution in [0, 0.1) is 0 Å². The maximum Gasteiger partial charge on any atom is 0.250 e. The first-order valence-electron chi connectivity index (χ1n) is 12.7. The number of benzene rings is 2. The fraction of sp³-hybridized carbons (Fsp3) is 0.333. The molecule has 2 aliphatic heterocycles. The van der Waals surface area contributed by atoms with E-state index >= 15 is 0 Å². The third-order valence-corrected chi connectivity index (χ3v) is 6.98. The minimum Gasteiger partial charge on any atom is -0.394 e. The van der Waals surface area contributed by atoms with Gasteiger partial charge in [0.05, 0.1) is 31.5 Å². The number of carbonyl (C=O) groups is 4. The first-order valence-corrected chi connectivity index (χ1v) is 12.7. The van der Waals surface area contributed by atoms with Gasteiger partial charge in [-0.15, -0.1) is 0 Å². The van der Waals surface area contributed by atoms with Crippen molar-refractivity contribution < 1.29 is 24.3 Å². The summed E-state index contributed by atoms with van der Waals surface area (Å²) in [5.41, 5.74) is 3.82. The van der Waals surface area contributed by atoms with Gasteiger partial charge in [0.25, 0.3) is 0 Å². The van der Waals surface area contributed by atoms with E-state index in [-0.39, 0.29) is 18.9 Å². The number of rotatable bonds is 9. The lowest BCUT2D eigenvalue weighted by Crippen LogP contribution is -2.57. The van der Waals surface area contributed by atoms with E-state index < -0.39 is 42.5 Å². The van der Waals surface area contributed by atoms with Crippen LogP contribution in [0.3, 0.4) is 0 Å². The molecule has 0 unspecified atom stereocenters. The van der Waals surface area contributed by atoms with Gasteiger partial charge in [-0.05, 0) is 29.5 Å². The van der Waals surface area contributed by atoms with Gasteiger partial charge in [0.2, 0.25) is 23.6 Å². The average molecular weight is 532 g/mol. The van der Waals surface area contributed by atoms with E-state index in [0.717, 1.165) is 16.7 Å². The van der Waals surface area contributed by atoms with Crippen molar-refractivity contribution in [3.05, 3.63) is 77.1 Å². The second kappa shape index (κ2) is 11.4. The van der Waals surface area contributed by atoms with Gasteiger partial charge in [0.15, 0.2) is 0 Å². The molecule has 0 bridgehead atoms.